The minimum absolute atomic E-state index is 0.137. The monoisotopic (exact) mass is 501 g/mol. The zero-order chi connectivity index (χ0) is 26.7. The quantitative estimate of drug-likeness (QED) is 0.415. The highest BCUT2D eigenvalue weighted by Crippen LogP contribution is 2.37. The minimum Gasteiger partial charge on any atom is -0.396 e. The number of nitriles is 1. The fourth-order valence-corrected chi connectivity index (χ4v) is 4.58. The molecule has 3 atom stereocenters. The van der Waals surface area contributed by atoms with E-state index in [4.69, 9.17) is 5.26 Å². The number of aryl methyl sites for hydroxylation is 1. The van der Waals surface area contributed by atoms with Crippen LogP contribution < -0.4 is 10.6 Å². The summed E-state index contributed by atoms with van der Waals surface area (Å²) in [5.74, 6) is -0.0936. The number of hydrogen-bond donors (Lipinski definition) is 3. The SMILES string of the molecule is CCc1ccc2c(C(=O)NC(C(=O)NC[C@H]3CC3CO)C(C)(C)C)nn(Cc3ccc(C#N)cc3)c2c1. The van der Waals surface area contributed by atoms with Gasteiger partial charge in [0.2, 0.25) is 5.91 Å². The summed E-state index contributed by atoms with van der Waals surface area (Å²) in [5.41, 5.74) is 3.28. The number of carbonyl (C=O) groups excluding carboxylic acids is 2. The van der Waals surface area contributed by atoms with Gasteiger partial charge in [0.25, 0.3) is 5.91 Å². The van der Waals surface area contributed by atoms with Gasteiger partial charge in [0, 0.05) is 18.5 Å². The Morgan fingerprint density at radius 3 is 2.46 bits per heavy atom. The normalized spacial score (nSPS) is 17.7. The van der Waals surface area contributed by atoms with Crippen molar-refractivity contribution in [2.45, 2.75) is 53.1 Å². The van der Waals surface area contributed by atoms with Crippen LogP contribution in [0, 0.1) is 28.6 Å². The molecule has 1 fully saturated rings. The number of rotatable bonds is 9. The van der Waals surface area contributed by atoms with Crippen LogP contribution in [0.3, 0.4) is 0 Å². The maximum Gasteiger partial charge on any atom is 0.273 e. The summed E-state index contributed by atoms with van der Waals surface area (Å²) in [5, 5.41) is 29.7. The van der Waals surface area contributed by atoms with Crippen LogP contribution in [0.15, 0.2) is 42.5 Å². The second-order valence-corrected chi connectivity index (χ2v) is 11.0. The van der Waals surface area contributed by atoms with Crippen molar-refractivity contribution in [3.05, 3.63) is 64.8 Å². The molecule has 1 saturated carbocycles. The van der Waals surface area contributed by atoms with Gasteiger partial charge in [-0.2, -0.15) is 10.4 Å². The number of amides is 2. The van der Waals surface area contributed by atoms with Crippen LogP contribution in [-0.4, -0.2) is 45.9 Å². The summed E-state index contributed by atoms with van der Waals surface area (Å²) in [6.45, 7) is 8.90. The third-order valence-electron chi connectivity index (χ3n) is 7.10. The molecule has 0 bridgehead atoms. The van der Waals surface area contributed by atoms with Crippen molar-refractivity contribution in [3.8, 4) is 6.07 Å². The molecule has 0 saturated heterocycles. The third kappa shape index (κ3) is 6.00. The lowest BCUT2D eigenvalue weighted by Gasteiger charge is -2.30. The first-order valence-corrected chi connectivity index (χ1v) is 12.8. The number of aliphatic hydroxyl groups is 1. The standard InChI is InChI=1S/C29H35N5O3/c1-5-18-10-11-23-24(12-18)34(16-20-8-6-19(14-30)7-9-20)33-25(23)27(36)32-26(29(2,3)4)28(37)31-15-21-13-22(21)17-35/h6-12,21-22,26,35H,5,13,15-17H2,1-4H3,(H,31,37)(H,32,36)/t21-,22?,26?/m1/s1. The summed E-state index contributed by atoms with van der Waals surface area (Å²) in [7, 11) is 0. The van der Waals surface area contributed by atoms with Crippen LogP contribution in [-0.2, 0) is 17.8 Å². The molecule has 0 radical (unpaired) electrons. The van der Waals surface area contributed by atoms with Crippen LogP contribution in [0.25, 0.3) is 10.9 Å². The zero-order valence-electron chi connectivity index (χ0n) is 21.9. The van der Waals surface area contributed by atoms with E-state index in [1.807, 2.05) is 51.1 Å². The van der Waals surface area contributed by atoms with Gasteiger partial charge in [-0.1, -0.05) is 52.0 Å². The average molecular weight is 502 g/mol. The van der Waals surface area contributed by atoms with Crippen molar-refractivity contribution < 1.29 is 14.7 Å². The van der Waals surface area contributed by atoms with Gasteiger partial charge < -0.3 is 15.7 Å². The number of aromatic nitrogens is 2. The summed E-state index contributed by atoms with van der Waals surface area (Å²) in [6, 6.07) is 14.6. The van der Waals surface area contributed by atoms with E-state index in [-0.39, 0.29) is 24.1 Å². The van der Waals surface area contributed by atoms with E-state index in [0.717, 1.165) is 34.9 Å². The molecule has 37 heavy (non-hydrogen) atoms. The molecule has 2 amide bonds. The number of aliphatic hydroxyl groups excluding tert-OH is 1. The van der Waals surface area contributed by atoms with Crippen molar-refractivity contribution >= 4 is 22.7 Å². The number of carbonyl (C=O) groups is 2. The topological polar surface area (TPSA) is 120 Å². The molecule has 0 aliphatic heterocycles. The molecular formula is C29H35N5O3. The Morgan fingerprint density at radius 1 is 1.16 bits per heavy atom. The highest BCUT2D eigenvalue weighted by Gasteiger charge is 2.38. The van der Waals surface area contributed by atoms with E-state index in [9.17, 15) is 14.7 Å². The molecule has 0 spiro atoms. The second-order valence-electron chi connectivity index (χ2n) is 11.0. The molecule has 1 heterocycles. The maximum atomic E-state index is 13.5. The molecule has 8 heteroatoms. The van der Waals surface area contributed by atoms with Gasteiger partial charge in [-0.3, -0.25) is 14.3 Å². The van der Waals surface area contributed by atoms with Gasteiger partial charge >= 0.3 is 0 Å². The number of hydrogen-bond acceptors (Lipinski definition) is 5. The third-order valence-corrected chi connectivity index (χ3v) is 7.10. The summed E-state index contributed by atoms with van der Waals surface area (Å²) < 4.78 is 1.80. The molecule has 1 aliphatic rings. The number of nitrogens with one attached hydrogen (secondary N) is 2. The number of fused-ring (bicyclic) bond motifs is 1. The molecule has 2 aromatic carbocycles. The molecule has 2 unspecified atom stereocenters. The van der Waals surface area contributed by atoms with Crippen molar-refractivity contribution in [1.82, 2.24) is 20.4 Å². The van der Waals surface area contributed by atoms with Crippen molar-refractivity contribution in [2.24, 2.45) is 17.3 Å². The van der Waals surface area contributed by atoms with Crippen molar-refractivity contribution in [3.63, 3.8) is 0 Å². The lowest BCUT2D eigenvalue weighted by Crippen LogP contribution is -2.54. The van der Waals surface area contributed by atoms with Gasteiger partial charge in [-0.25, -0.2) is 0 Å². The summed E-state index contributed by atoms with van der Waals surface area (Å²) in [6.07, 6.45) is 1.76. The van der Waals surface area contributed by atoms with Crippen LogP contribution in [0.1, 0.15) is 61.3 Å². The average Bonchev–Trinajstić information content (AvgIpc) is 3.57. The summed E-state index contributed by atoms with van der Waals surface area (Å²) >= 11 is 0. The highest BCUT2D eigenvalue weighted by molar-refractivity contribution is 6.06. The lowest BCUT2D eigenvalue weighted by molar-refractivity contribution is -0.125. The van der Waals surface area contributed by atoms with Gasteiger partial charge in [-0.05, 0) is 59.4 Å². The Bertz CT molecular complexity index is 1330. The Balaban J connectivity index is 1.60. The van der Waals surface area contributed by atoms with Crippen molar-refractivity contribution in [2.75, 3.05) is 13.2 Å². The predicted octanol–water partition coefficient (Wildman–Crippen LogP) is 3.41. The van der Waals surface area contributed by atoms with Crippen LogP contribution in [0.5, 0.6) is 0 Å². The summed E-state index contributed by atoms with van der Waals surface area (Å²) in [4.78, 5) is 26.6. The highest BCUT2D eigenvalue weighted by atomic mass is 16.3. The first-order valence-electron chi connectivity index (χ1n) is 12.8. The van der Waals surface area contributed by atoms with E-state index >= 15 is 0 Å². The molecular weight excluding hydrogens is 466 g/mol. The molecule has 3 N–H and O–H groups in total. The number of benzene rings is 2. The molecule has 4 rings (SSSR count). The van der Waals surface area contributed by atoms with E-state index in [1.54, 1.807) is 16.8 Å². The van der Waals surface area contributed by atoms with Gasteiger partial charge in [0.15, 0.2) is 5.69 Å². The first-order chi connectivity index (χ1) is 17.6. The smallest absolute Gasteiger partial charge is 0.273 e. The fraction of sp³-hybridized carbons (Fsp3) is 0.448. The predicted molar refractivity (Wildman–Crippen MR) is 142 cm³/mol. The van der Waals surface area contributed by atoms with Crippen molar-refractivity contribution in [1.29, 1.82) is 5.26 Å². The van der Waals surface area contributed by atoms with E-state index in [0.29, 0.717) is 24.6 Å². The Hall–Kier alpha value is -3.70. The Morgan fingerprint density at radius 2 is 1.86 bits per heavy atom. The van der Waals surface area contributed by atoms with Gasteiger partial charge in [-0.15, -0.1) is 0 Å². The van der Waals surface area contributed by atoms with E-state index < -0.39 is 17.4 Å². The van der Waals surface area contributed by atoms with Crippen LogP contribution >= 0.6 is 0 Å². The lowest BCUT2D eigenvalue weighted by atomic mass is 9.86. The minimum atomic E-state index is -0.750. The van der Waals surface area contributed by atoms with Gasteiger partial charge in [0.05, 0.1) is 23.7 Å². The molecule has 194 valence electrons. The molecule has 8 nitrogen and oxygen atoms in total. The molecule has 1 aliphatic carbocycles. The van der Waals surface area contributed by atoms with Crippen LogP contribution in [0.4, 0.5) is 0 Å². The zero-order valence-corrected chi connectivity index (χ0v) is 21.9. The first kappa shape index (κ1) is 26.4. The Kier molecular flexibility index (Phi) is 7.65. The number of nitrogens with zero attached hydrogens (tertiary/aromatic N) is 3. The molecule has 3 aromatic rings. The van der Waals surface area contributed by atoms with E-state index in [2.05, 4.69) is 28.7 Å². The second kappa shape index (κ2) is 10.7. The maximum absolute atomic E-state index is 13.5. The molecule has 1 aromatic heterocycles. The van der Waals surface area contributed by atoms with Gasteiger partial charge in [0.1, 0.15) is 6.04 Å². The van der Waals surface area contributed by atoms with Crippen LogP contribution in [0.2, 0.25) is 0 Å². The fourth-order valence-electron chi connectivity index (χ4n) is 4.58. The largest absolute Gasteiger partial charge is 0.396 e. The van der Waals surface area contributed by atoms with E-state index in [1.165, 1.54) is 0 Å². The Labute approximate surface area is 217 Å².